The number of hydrogen-bond donors (Lipinski definition) is 2. The molecule has 0 bridgehead atoms. The van der Waals surface area contributed by atoms with Crippen molar-refractivity contribution < 1.29 is 9.53 Å². The zero-order chi connectivity index (χ0) is 13.2. The van der Waals surface area contributed by atoms with Crippen LogP contribution in [0.2, 0.25) is 0 Å². The molecule has 0 aromatic heterocycles. The third-order valence-electron chi connectivity index (χ3n) is 2.60. The normalized spacial score (nSPS) is 10.1. The van der Waals surface area contributed by atoms with Crippen LogP contribution in [-0.4, -0.2) is 26.1 Å². The third kappa shape index (κ3) is 5.68. The van der Waals surface area contributed by atoms with Crippen LogP contribution in [0.3, 0.4) is 0 Å². The summed E-state index contributed by atoms with van der Waals surface area (Å²) in [5.41, 5.74) is 1.24. The highest BCUT2D eigenvalue weighted by atomic mass is 16.5. The Morgan fingerprint density at radius 3 is 2.61 bits per heavy atom. The van der Waals surface area contributed by atoms with E-state index in [1.165, 1.54) is 5.56 Å². The molecule has 4 nitrogen and oxygen atoms in total. The Morgan fingerprint density at radius 2 is 2.00 bits per heavy atom. The number of ether oxygens (including phenoxy) is 1. The average molecular weight is 250 g/mol. The van der Waals surface area contributed by atoms with Gasteiger partial charge >= 0.3 is 0 Å². The quantitative estimate of drug-likeness (QED) is 0.690. The topological polar surface area (TPSA) is 50.4 Å². The van der Waals surface area contributed by atoms with E-state index < -0.39 is 0 Å². The number of nitrogens with one attached hydrogen (secondary N) is 2. The van der Waals surface area contributed by atoms with Crippen LogP contribution >= 0.6 is 0 Å². The maximum atomic E-state index is 11.0. The van der Waals surface area contributed by atoms with Crippen molar-refractivity contribution in [3.8, 4) is 5.75 Å². The second-order valence-electron chi connectivity index (χ2n) is 4.05. The second kappa shape index (κ2) is 8.53. The van der Waals surface area contributed by atoms with Crippen molar-refractivity contribution in [2.24, 2.45) is 0 Å². The number of carbonyl (C=O) groups is 1. The lowest BCUT2D eigenvalue weighted by molar-refractivity contribution is -0.120. The Bertz CT molecular complexity index is 349. The Labute approximate surface area is 109 Å². The van der Waals surface area contributed by atoms with Crippen LogP contribution in [0, 0.1) is 0 Å². The van der Waals surface area contributed by atoms with E-state index in [9.17, 15) is 4.79 Å². The fourth-order valence-corrected chi connectivity index (χ4v) is 1.52. The van der Waals surface area contributed by atoms with Gasteiger partial charge < -0.3 is 15.4 Å². The molecular formula is C14H22N2O2. The summed E-state index contributed by atoms with van der Waals surface area (Å²) in [6.45, 7) is 4.51. The summed E-state index contributed by atoms with van der Waals surface area (Å²) in [5.74, 6) is 0.909. The summed E-state index contributed by atoms with van der Waals surface area (Å²) >= 11 is 0. The molecule has 0 atom stereocenters. The van der Waals surface area contributed by atoms with Crippen molar-refractivity contribution in [2.75, 3.05) is 20.2 Å². The van der Waals surface area contributed by atoms with Gasteiger partial charge in [-0.15, -0.1) is 0 Å². The predicted molar refractivity (Wildman–Crippen MR) is 72.6 cm³/mol. The van der Waals surface area contributed by atoms with E-state index in [4.69, 9.17) is 4.74 Å². The first-order chi connectivity index (χ1) is 8.76. The number of benzene rings is 1. The van der Waals surface area contributed by atoms with Gasteiger partial charge in [-0.2, -0.15) is 0 Å². The summed E-state index contributed by atoms with van der Waals surface area (Å²) in [5, 5.41) is 5.86. The van der Waals surface area contributed by atoms with Gasteiger partial charge in [0.1, 0.15) is 5.75 Å². The van der Waals surface area contributed by atoms with Gasteiger partial charge in [-0.3, -0.25) is 4.79 Å². The number of amides is 1. The number of carbonyl (C=O) groups excluding carboxylic acids is 1. The van der Waals surface area contributed by atoms with E-state index in [1.807, 2.05) is 12.1 Å². The molecule has 2 N–H and O–H groups in total. The molecule has 0 aliphatic heterocycles. The van der Waals surface area contributed by atoms with E-state index in [0.717, 1.165) is 25.3 Å². The van der Waals surface area contributed by atoms with Gasteiger partial charge in [-0.1, -0.05) is 19.1 Å². The predicted octanol–water partition coefficient (Wildman–Crippen LogP) is 1.70. The van der Waals surface area contributed by atoms with E-state index in [0.29, 0.717) is 13.0 Å². The van der Waals surface area contributed by atoms with Crippen molar-refractivity contribution >= 4 is 5.91 Å². The van der Waals surface area contributed by atoms with Crippen LogP contribution in [0.5, 0.6) is 5.75 Å². The zero-order valence-corrected chi connectivity index (χ0v) is 11.2. The largest absolute Gasteiger partial charge is 0.494 e. The summed E-state index contributed by atoms with van der Waals surface area (Å²) in [7, 11) is 1.65. The Hall–Kier alpha value is -1.55. The number of hydrogen-bond acceptors (Lipinski definition) is 3. The SMILES string of the molecule is CCNCc1ccc(OCCCC(=O)NC)cc1. The maximum Gasteiger partial charge on any atom is 0.219 e. The van der Waals surface area contributed by atoms with E-state index >= 15 is 0 Å². The van der Waals surface area contributed by atoms with Gasteiger partial charge in [-0.05, 0) is 30.7 Å². The zero-order valence-electron chi connectivity index (χ0n) is 11.2. The summed E-state index contributed by atoms with van der Waals surface area (Å²) in [6, 6.07) is 8.03. The lowest BCUT2D eigenvalue weighted by Crippen LogP contribution is -2.18. The smallest absolute Gasteiger partial charge is 0.219 e. The van der Waals surface area contributed by atoms with Gasteiger partial charge in [0.05, 0.1) is 6.61 Å². The Kier molecular flexibility index (Phi) is 6.87. The minimum Gasteiger partial charge on any atom is -0.494 e. The van der Waals surface area contributed by atoms with Crippen LogP contribution in [-0.2, 0) is 11.3 Å². The molecule has 1 rings (SSSR count). The first-order valence-electron chi connectivity index (χ1n) is 6.39. The molecule has 0 aliphatic rings. The fraction of sp³-hybridized carbons (Fsp3) is 0.500. The van der Waals surface area contributed by atoms with Gasteiger partial charge in [-0.25, -0.2) is 0 Å². The lowest BCUT2D eigenvalue weighted by atomic mass is 10.2. The minimum atomic E-state index is 0.0552. The molecule has 0 unspecified atom stereocenters. The van der Waals surface area contributed by atoms with Crippen LogP contribution < -0.4 is 15.4 Å². The highest BCUT2D eigenvalue weighted by molar-refractivity contribution is 5.75. The first kappa shape index (κ1) is 14.5. The Morgan fingerprint density at radius 1 is 1.28 bits per heavy atom. The summed E-state index contributed by atoms with van der Waals surface area (Å²) in [6.07, 6.45) is 1.24. The van der Waals surface area contributed by atoms with E-state index in [2.05, 4.69) is 29.7 Å². The monoisotopic (exact) mass is 250 g/mol. The second-order valence-corrected chi connectivity index (χ2v) is 4.05. The van der Waals surface area contributed by atoms with Crippen molar-refractivity contribution in [3.63, 3.8) is 0 Å². The molecule has 1 aromatic carbocycles. The molecular weight excluding hydrogens is 228 g/mol. The first-order valence-corrected chi connectivity index (χ1v) is 6.39. The molecule has 0 heterocycles. The van der Waals surface area contributed by atoms with E-state index in [1.54, 1.807) is 7.05 Å². The maximum absolute atomic E-state index is 11.0. The molecule has 100 valence electrons. The van der Waals surface area contributed by atoms with Crippen molar-refractivity contribution in [2.45, 2.75) is 26.3 Å². The molecule has 0 saturated heterocycles. The van der Waals surface area contributed by atoms with Crippen LogP contribution in [0.4, 0.5) is 0 Å². The molecule has 0 saturated carbocycles. The molecule has 1 aromatic rings. The molecule has 1 amide bonds. The standard InChI is InChI=1S/C14H22N2O2/c1-3-16-11-12-6-8-13(9-7-12)18-10-4-5-14(17)15-2/h6-9,16H,3-5,10-11H2,1-2H3,(H,15,17). The summed E-state index contributed by atoms with van der Waals surface area (Å²) in [4.78, 5) is 11.0. The fourth-order valence-electron chi connectivity index (χ4n) is 1.52. The summed E-state index contributed by atoms with van der Waals surface area (Å²) < 4.78 is 5.56. The van der Waals surface area contributed by atoms with Crippen molar-refractivity contribution in [1.82, 2.24) is 10.6 Å². The van der Waals surface area contributed by atoms with Crippen LogP contribution in [0.15, 0.2) is 24.3 Å². The number of rotatable bonds is 8. The van der Waals surface area contributed by atoms with E-state index in [-0.39, 0.29) is 5.91 Å². The molecule has 18 heavy (non-hydrogen) atoms. The third-order valence-corrected chi connectivity index (χ3v) is 2.60. The van der Waals surface area contributed by atoms with Gasteiger partial charge in [0, 0.05) is 20.0 Å². The molecule has 4 heteroatoms. The molecule has 0 aliphatic carbocycles. The van der Waals surface area contributed by atoms with Gasteiger partial charge in [0.15, 0.2) is 0 Å². The lowest BCUT2D eigenvalue weighted by Gasteiger charge is -2.07. The minimum absolute atomic E-state index is 0.0552. The molecule has 0 fully saturated rings. The van der Waals surface area contributed by atoms with Crippen molar-refractivity contribution in [3.05, 3.63) is 29.8 Å². The Balaban J connectivity index is 2.24. The van der Waals surface area contributed by atoms with Gasteiger partial charge in [0.2, 0.25) is 5.91 Å². The highest BCUT2D eigenvalue weighted by Gasteiger charge is 1.99. The molecule has 0 spiro atoms. The van der Waals surface area contributed by atoms with Gasteiger partial charge in [0.25, 0.3) is 0 Å². The van der Waals surface area contributed by atoms with Crippen LogP contribution in [0.1, 0.15) is 25.3 Å². The highest BCUT2D eigenvalue weighted by Crippen LogP contribution is 2.12. The molecule has 0 radical (unpaired) electrons. The average Bonchev–Trinajstić information content (AvgIpc) is 2.42. The van der Waals surface area contributed by atoms with Crippen molar-refractivity contribution in [1.29, 1.82) is 0 Å². The van der Waals surface area contributed by atoms with Crippen LogP contribution in [0.25, 0.3) is 0 Å².